The van der Waals surface area contributed by atoms with E-state index in [9.17, 15) is 9.59 Å². The molecule has 1 aromatic rings. The maximum absolute atomic E-state index is 12.1. The zero-order valence-corrected chi connectivity index (χ0v) is 14.1. The van der Waals surface area contributed by atoms with Gasteiger partial charge in [-0.3, -0.25) is 4.79 Å². The highest BCUT2D eigenvalue weighted by molar-refractivity contribution is 5.91. The molecule has 1 aliphatic carbocycles. The highest BCUT2D eigenvalue weighted by Crippen LogP contribution is 2.28. The average molecular weight is 320 g/mol. The van der Waals surface area contributed by atoms with E-state index in [1.165, 1.54) is 7.11 Å². The number of hydrogen-bond acceptors (Lipinski definition) is 5. The summed E-state index contributed by atoms with van der Waals surface area (Å²) in [6.45, 7) is 4.00. The van der Waals surface area contributed by atoms with Gasteiger partial charge in [0.1, 0.15) is 5.75 Å². The Balaban J connectivity index is 2.11. The van der Waals surface area contributed by atoms with Crippen LogP contribution in [-0.4, -0.2) is 49.6 Å². The number of carbonyl (C=O) groups excluding carboxylic acids is 2. The standard InChI is InChI=1S/C17H24N2O4/c1-11(2)23-15-8-5-12(17(21)22-4)9-14(15)18-10-16(20)19(3)13-6-7-13/h5,8-9,11,13,18H,6-7,10H2,1-4H3. The molecule has 0 radical (unpaired) electrons. The Morgan fingerprint density at radius 3 is 2.61 bits per heavy atom. The number of amides is 1. The van der Waals surface area contributed by atoms with Crippen LogP contribution >= 0.6 is 0 Å². The molecule has 0 aromatic heterocycles. The molecule has 126 valence electrons. The molecule has 1 fully saturated rings. The molecule has 6 heteroatoms. The number of benzene rings is 1. The maximum Gasteiger partial charge on any atom is 0.337 e. The molecule has 0 aliphatic heterocycles. The minimum atomic E-state index is -0.425. The van der Waals surface area contributed by atoms with Crippen molar-refractivity contribution in [2.24, 2.45) is 0 Å². The number of ether oxygens (including phenoxy) is 2. The molecule has 1 amide bonds. The van der Waals surface area contributed by atoms with Crippen LogP contribution in [0, 0.1) is 0 Å². The first-order chi connectivity index (χ1) is 10.9. The predicted molar refractivity (Wildman–Crippen MR) is 87.8 cm³/mol. The van der Waals surface area contributed by atoms with Crippen LogP contribution in [-0.2, 0) is 9.53 Å². The van der Waals surface area contributed by atoms with Crippen molar-refractivity contribution in [3.8, 4) is 5.75 Å². The molecule has 2 rings (SSSR count). The zero-order chi connectivity index (χ0) is 17.0. The van der Waals surface area contributed by atoms with Crippen LogP contribution in [0.4, 0.5) is 5.69 Å². The second-order valence-electron chi connectivity index (χ2n) is 5.96. The molecule has 1 aliphatic rings. The van der Waals surface area contributed by atoms with Crippen LogP contribution in [0.1, 0.15) is 37.0 Å². The summed E-state index contributed by atoms with van der Waals surface area (Å²) in [4.78, 5) is 25.6. The number of rotatable bonds is 7. The molecular weight excluding hydrogens is 296 g/mol. The number of esters is 1. The van der Waals surface area contributed by atoms with Crippen LogP contribution in [0.3, 0.4) is 0 Å². The Kier molecular flexibility index (Phi) is 5.47. The number of hydrogen-bond donors (Lipinski definition) is 1. The van der Waals surface area contributed by atoms with E-state index in [1.54, 1.807) is 23.1 Å². The van der Waals surface area contributed by atoms with Crippen molar-refractivity contribution in [2.45, 2.75) is 38.8 Å². The lowest BCUT2D eigenvalue weighted by atomic mass is 10.2. The predicted octanol–water partition coefficient (Wildman–Crippen LogP) is 2.29. The summed E-state index contributed by atoms with van der Waals surface area (Å²) in [5.74, 6) is 0.201. The van der Waals surface area contributed by atoms with Crippen molar-refractivity contribution in [3.05, 3.63) is 23.8 Å². The van der Waals surface area contributed by atoms with Crippen LogP contribution in [0.25, 0.3) is 0 Å². The van der Waals surface area contributed by atoms with E-state index in [2.05, 4.69) is 5.32 Å². The Morgan fingerprint density at radius 2 is 2.04 bits per heavy atom. The molecule has 0 saturated heterocycles. The van der Waals surface area contributed by atoms with Gasteiger partial charge in [-0.2, -0.15) is 0 Å². The fourth-order valence-corrected chi connectivity index (χ4v) is 2.23. The molecule has 1 aromatic carbocycles. The summed E-state index contributed by atoms with van der Waals surface area (Å²) >= 11 is 0. The zero-order valence-electron chi connectivity index (χ0n) is 14.1. The van der Waals surface area contributed by atoms with Gasteiger partial charge in [-0.05, 0) is 44.9 Å². The quantitative estimate of drug-likeness (QED) is 0.781. The van der Waals surface area contributed by atoms with Gasteiger partial charge in [0.05, 0.1) is 31.0 Å². The third-order valence-electron chi connectivity index (χ3n) is 3.68. The van der Waals surface area contributed by atoms with Gasteiger partial charge in [0.25, 0.3) is 0 Å². The maximum atomic E-state index is 12.1. The van der Waals surface area contributed by atoms with Crippen LogP contribution in [0.5, 0.6) is 5.75 Å². The number of likely N-dealkylation sites (N-methyl/N-ethyl adjacent to an activating group) is 1. The van der Waals surface area contributed by atoms with Crippen molar-refractivity contribution in [2.75, 3.05) is 26.0 Å². The third-order valence-corrected chi connectivity index (χ3v) is 3.68. The highest BCUT2D eigenvalue weighted by atomic mass is 16.5. The summed E-state index contributed by atoms with van der Waals surface area (Å²) in [6, 6.07) is 5.38. The minimum absolute atomic E-state index is 0.00985. The Hall–Kier alpha value is -2.24. The molecule has 1 N–H and O–H groups in total. The van der Waals surface area contributed by atoms with E-state index in [-0.39, 0.29) is 18.6 Å². The average Bonchev–Trinajstić information content (AvgIpc) is 3.36. The molecule has 1 saturated carbocycles. The van der Waals surface area contributed by atoms with Crippen LogP contribution in [0.2, 0.25) is 0 Å². The lowest BCUT2D eigenvalue weighted by molar-refractivity contribution is -0.128. The van der Waals surface area contributed by atoms with Crippen molar-refractivity contribution in [3.63, 3.8) is 0 Å². The molecule has 0 bridgehead atoms. The SMILES string of the molecule is COC(=O)c1ccc(OC(C)C)c(NCC(=O)N(C)C2CC2)c1. The van der Waals surface area contributed by atoms with Crippen molar-refractivity contribution < 1.29 is 19.1 Å². The summed E-state index contributed by atoms with van der Waals surface area (Å²) in [7, 11) is 3.15. The second-order valence-corrected chi connectivity index (χ2v) is 5.96. The van der Waals surface area contributed by atoms with Gasteiger partial charge >= 0.3 is 5.97 Å². The molecular formula is C17H24N2O4. The molecule has 23 heavy (non-hydrogen) atoms. The molecule has 0 atom stereocenters. The second kappa shape index (κ2) is 7.35. The first-order valence-electron chi connectivity index (χ1n) is 7.81. The monoisotopic (exact) mass is 320 g/mol. The molecule has 6 nitrogen and oxygen atoms in total. The summed E-state index contributed by atoms with van der Waals surface area (Å²) in [6.07, 6.45) is 2.13. The largest absolute Gasteiger partial charge is 0.489 e. The smallest absolute Gasteiger partial charge is 0.337 e. The molecule has 0 spiro atoms. The van der Waals surface area contributed by atoms with Crippen molar-refractivity contribution >= 4 is 17.6 Å². The first-order valence-corrected chi connectivity index (χ1v) is 7.81. The van der Waals surface area contributed by atoms with E-state index in [0.717, 1.165) is 12.8 Å². The Labute approximate surface area is 136 Å². The molecule has 0 heterocycles. The summed E-state index contributed by atoms with van der Waals surface area (Å²) in [5, 5.41) is 3.08. The van der Waals surface area contributed by atoms with Gasteiger partial charge < -0.3 is 19.7 Å². The fourth-order valence-electron chi connectivity index (χ4n) is 2.23. The van der Waals surface area contributed by atoms with Crippen molar-refractivity contribution in [1.29, 1.82) is 0 Å². The van der Waals surface area contributed by atoms with Gasteiger partial charge in [-0.25, -0.2) is 4.79 Å². The number of nitrogens with zero attached hydrogens (tertiary/aromatic N) is 1. The van der Waals surface area contributed by atoms with Gasteiger partial charge in [0, 0.05) is 13.1 Å². The third kappa shape index (κ3) is 4.61. The number of carbonyl (C=O) groups is 2. The van der Waals surface area contributed by atoms with Crippen LogP contribution < -0.4 is 10.1 Å². The fraction of sp³-hybridized carbons (Fsp3) is 0.529. The normalized spacial score (nSPS) is 13.6. The number of nitrogens with one attached hydrogen (secondary N) is 1. The summed E-state index contributed by atoms with van der Waals surface area (Å²) < 4.78 is 10.5. The topological polar surface area (TPSA) is 67.9 Å². The number of methoxy groups -OCH3 is 1. The first kappa shape index (κ1) is 17.1. The van der Waals surface area contributed by atoms with Gasteiger partial charge in [0.15, 0.2) is 0 Å². The van der Waals surface area contributed by atoms with E-state index >= 15 is 0 Å². The van der Waals surface area contributed by atoms with Gasteiger partial charge in [-0.1, -0.05) is 0 Å². The minimum Gasteiger partial charge on any atom is -0.489 e. The summed E-state index contributed by atoms with van der Waals surface area (Å²) in [5.41, 5.74) is 1.02. The van der Waals surface area contributed by atoms with E-state index in [4.69, 9.17) is 9.47 Å². The van der Waals surface area contributed by atoms with Crippen molar-refractivity contribution in [1.82, 2.24) is 4.90 Å². The lowest BCUT2D eigenvalue weighted by Gasteiger charge is -2.19. The van der Waals surface area contributed by atoms with E-state index < -0.39 is 5.97 Å². The van der Waals surface area contributed by atoms with E-state index in [1.807, 2.05) is 20.9 Å². The Morgan fingerprint density at radius 1 is 1.35 bits per heavy atom. The van der Waals surface area contributed by atoms with Gasteiger partial charge in [0.2, 0.25) is 5.91 Å². The van der Waals surface area contributed by atoms with Crippen LogP contribution in [0.15, 0.2) is 18.2 Å². The lowest BCUT2D eigenvalue weighted by Crippen LogP contribution is -2.33. The Bertz CT molecular complexity index is 582. The molecule has 0 unspecified atom stereocenters. The number of anilines is 1. The van der Waals surface area contributed by atoms with E-state index in [0.29, 0.717) is 23.0 Å². The highest BCUT2D eigenvalue weighted by Gasteiger charge is 2.29. The van der Waals surface area contributed by atoms with Gasteiger partial charge in [-0.15, -0.1) is 0 Å².